The first-order valence-corrected chi connectivity index (χ1v) is 5.46. The van der Waals surface area contributed by atoms with Crippen molar-refractivity contribution < 1.29 is 0 Å². The van der Waals surface area contributed by atoms with Crippen LogP contribution in [0.5, 0.6) is 0 Å². The summed E-state index contributed by atoms with van der Waals surface area (Å²) < 4.78 is 0. The molecule has 2 aliphatic heterocycles. The first-order valence-electron chi connectivity index (χ1n) is 4.58. The summed E-state index contributed by atoms with van der Waals surface area (Å²) in [6, 6.07) is 0. The van der Waals surface area contributed by atoms with Crippen LogP contribution in [0.1, 0.15) is 12.8 Å². The van der Waals surface area contributed by atoms with Gasteiger partial charge in [-0.15, -0.1) is 11.8 Å². The van der Waals surface area contributed by atoms with Gasteiger partial charge in [-0.3, -0.25) is 0 Å². The number of thioether (sulfide) groups is 1. The maximum Gasteiger partial charge on any atom is 0.0214 e. The third-order valence-corrected chi connectivity index (χ3v) is 3.51. The molecule has 0 saturated heterocycles. The molecular weight excluding hydrogens is 166 g/mol. The largest absolute Gasteiger partial charge is 0.305 e. The molecular formula is C10H15NS. The van der Waals surface area contributed by atoms with Gasteiger partial charge in [-0.05, 0) is 36.7 Å². The molecule has 12 heavy (non-hydrogen) atoms. The molecule has 0 bridgehead atoms. The summed E-state index contributed by atoms with van der Waals surface area (Å²) in [5.74, 6) is 0.695. The van der Waals surface area contributed by atoms with Gasteiger partial charge in [0.2, 0.25) is 0 Å². The molecule has 2 rings (SSSR count). The van der Waals surface area contributed by atoms with Crippen molar-refractivity contribution in [3.63, 3.8) is 0 Å². The molecule has 2 heteroatoms. The van der Waals surface area contributed by atoms with Gasteiger partial charge in [-0.1, -0.05) is 12.2 Å². The van der Waals surface area contributed by atoms with Crippen LogP contribution in [0.25, 0.3) is 0 Å². The van der Waals surface area contributed by atoms with Crippen molar-refractivity contribution in [2.75, 3.05) is 20.1 Å². The molecule has 0 spiro atoms. The van der Waals surface area contributed by atoms with Crippen LogP contribution in [0.15, 0.2) is 22.5 Å². The number of hydrogen-bond donors (Lipinski definition) is 0. The van der Waals surface area contributed by atoms with Gasteiger partial charge in [0.1, 0.15) is 0 Å². The Labute approximate surface area is 78.5 Å². The molecule has 1 unspecified atom stereocenters. The molecule has 2 aliphatic rings. The molecule has 0 N–H and O–H groups in total. The van der Waals surface area contributed by atoms with Gasteiger partial charge >= 0.3 is 0 Å². The minimum atomic E-state index is 0.695. The van der Waals surface area contributed by atoms with E-state index in [9.17, 15) is 0 Å². The van der Waals surface area contributed by atoms with Crippen LogP contribution in [0, 0.1) is 5.92 Å². The second-order valence-electron chi connectivity index (χ2n) is 3.56. The van der Waals surface area contributed by atoms with E-state index < -0.39 is 0 Å². The van der Waals surface area contributed by atoms with E-state index in [1.54, 1.807) is 4.91 Å². The Bertz CT molecular complexity index is 220. The molecule has 2 heterocycles. The topological polar surface area (TPSA) is 3.24 Å². The summed E-state index contributed by atoms with van der Waals surface area (Å²) in [5.41, 5.74) is 0. The van der Waals surface area contributed by atoms with Gasteiger partial charge in [0.25, 0.3) is 0 Å². The van der Waals surface area contributed by atoms with Crippen molar-refractivity contribution in [3.05, 3.63) is 22.5 Å². The van der Waals surface area contributed by atoms with E-state index in [0.29, 0.717) is 5.92 Å². The van der Waals surface area contributed by atoms with Gasteiger partial charge in [-0.2, -0.15) is 0 Å². The molecule has 66 valence electrons. The first-order chi connectivity index (χ1) is 5.86. The standard InChI is InChI=1S/C10H15NS/c1-11-6-3-2-4-10-9(8-11)5-7-12-10/h4-5,7,9H,2-3,6,8H2,1H3/b10-4-. The summed E-state index contributed by atoms with van der Waals surface area (Å²) in [7, 11) is 2.22. The molecule has 0 amide bonds. The highest BCUT2D eigenvalue weighted by atomic mass is 32.2. The van der Waals surface area contributed by atoms with Gasteiger partial charge in [0, 0.05) is 12.5 Å². The summed E-state index contributed by atoms with van der Waals surface area (Å²) >= 11 is 1.90. The second kappa shape index (κ2) is 3.67. The Morgan fingerprint density at radius 1 is 1.58 bits per heavy atom. The van der Waals surface area contributed by atoms with Crippen molar-refractivity contribution in [1.82, 2.24) is 4.90 Å². The van der Waals surface area contributed by atoms with Crippen molar-refractivity contribution in [3.8, 4) is 0 Å². The third kappa shape index (κ3) is 1.75. The molecule has 1 nitrogen and oxygen atoms in total. The Kier molecular flexibility index (Phi) is 2.57. The number of nitrogens with zero attached hydrogens (tertiary/aromatic N) is 1. The summed E-state index contributed by atoms with van der Waals surface area (Å²) in [4.78, 5) is 4.01. The summed E-state index contributed by atoms with van der Waals surface area (Å²) in [6.07, 6.45) is 7.32. The summed E-state index contributed by atoms with van der Waals surface area (Å²) in [6.45, 7) is 2.45. The van der Waals surface area contributed by atoms with E-state index in [1.807, 2.05) is 11.8 Å². The maximum absolute atomic E-state index is 2.44. The normalized spacial score (nSPS) is 35.1. The second-order valence-corrected chi connectivity index (χ2v) is 4.54. The molecule has 0 saturated carbocycles. The lowest BCUT2D eigenvalue weighted by Gasteiger charge is -2.22. The van der Waals surface area contributed by atoms with E-state index in [0.717, 1.165) is 0 Å². The fourth-order valence-corrected chi connectivity index (χ4v) is 2.75. The number of allylic oxidation sites excluding steroid dienone is 1. The summed E-state index contributed by atoms with van der Waals surface area (Å²) in [5, 5.41) is 2.23. The van der Waals surface area contributed by atoms with Gasteiger partial charge < -0.3 is 4.90 Å². The zero-order chi connectivity index (χ0) is 8.39. The van der Waals surface area contributed by atoms with Crippen LogP contribution in [0.4, 0.5) is 0 Å². The van der Waals surface area contributed by atoms with Crippen LogP contribution in [0.2, 0.25) is 0 Å². The van der Waals surface area contributed by atoms with Crippen LogP contribution >= 0.6 is 11.8 Å². The van der Waals surface area contributed by atoms with Gasteiger partial charge in [-0.25, -0.2) is 0 Å². The van der Waals surface area contributed by atoms with E-state index in [-0.39, 0.29) is 0 Å². The average Bonchev–Trinajstić information content (AvgIpc) is 2.42. The van der Waals surface area contributed by atoms with Crippen molar-refractivity contribution in [2.24, 2.45) is 5.92 Å². The van der Waals surface area contributed by atoms with Crippen molar-refractivity contribution in [1.29, 1.82) is 0 Å². The van der Waals surface area contributed by atoms with Crippen molar-refractivity contribution in [2.45, 2.75) is 12.8 Å². The van der Waals surface area contributed by atoms with Gasteiger partial charge in [0.05, 0.1) is 0 Å². The zero-order valence-corrected chi connectivity index (χ0v) is 8.31. The average molecular weight is 181 g/mol. The smallest absolute Gasteiger partial charge is 0.0214 e. The number of hydrogen-bond acceptors (Lipinski definition) is 2. The van der Waals surface area contributed by atoms with Gasteiger partial charge in [0.15, 0.2) is 0 Å². The van der Waals surface area contributed by atoms with Crippen molar-refractivity contribution >= 4 is 11.8 Å². The number of fused-ring (bicyclic) bond motifs is 1. The first kappa shape index (κ1) is 8.39. The number of rotatable bonds is 0. The van der Waals surface area contributed by atoms with Crippen LogP contribution in [-0.2, 0) is 0 Å². The lowest BCUT2D eigenvalue weighted by atomic mass is 10.1. The lowest BCUT2D eigenvalue weighted by Crippen LogP contribution is -2.26. The predicted molar refractivity (Wildman–Crippen MR) is 55.0 cm³/mol. The van der Waals surface area contributed by atoms with E-state index in [2.05, 4.69) is 29.5 Å². The minimum Gasteiger partial charge on any atom is -0.305 e. The van der Waals surface area contributed by atoms with Crippen LogP contribution in [0.3, 0.4) is 0 Å². The SMILES string of the molecule is CN1CCC/C=C2\SC=CC2C1. The molecule has 1 atom stereocenters. The Balaban J connectivity index is 2.10. The van der Waals surface area contributed by atoms with E-state index in [4.69, 9.17) is 0 Å². The Hall–Kier alpha value is -0.210. The Morgan fingerprint density at radius 2 is 2.50 bits per heavy atom. The van der Waals surface area contributed by atoms with E-state index >= 15 is 0 Å². The molecule has 0 aliphatic carbocycles. The third-order valence-electron chi connectivity index (χ3n) is 2.48. The molecule has 0 aromatic rings. The van der Waals surface area contributed by atoms with Crippen LogP contribution < -0.4 is 0 Å². The minimum absolute atomic E-state index is 0.695. The molecule has 0 radical (unpaired) electrons. The molecule has 0 fully saturated rings. The highest BCUT2D eigenvalue weighted by molar-refractivity contribution is 8.06. The fraction of sp³-hybridized carbons (Fsp3) is 0.600. The zero-order valence-electron chi connectivity index (χ0n) is 7.49. The molecule has 0 aromatic carbocycles. The lowest BCUT2D eigenvalue weighted by molar-refractivity contribution is 0.309. The maximum atomic E-state index is 2.44. The van der Waals surface area contributed by atoms with E-state index in [1.165, 1.54) is 25.9 Å². The van der Waals surface area contributed by atoms with Crippen LogP contribution in [-0.4, -0.2) is 25.0 Å². The monoisotopic (exact) mass is 181 g/mol. The predicted octanol–water partition coefficient (Wildman–Crippen LogP) is 2.47. The Morgan fingerprint density at radius 3 is 3.42 bits per heavy atom. The highest BCUT2D eigenvalue weighted by Crippen LogP contribution is 2.35. The fourth-order valence-electron chi connectivity index (χ4n) is 1.78. The quantitative estimate of drug-likeness (QED) is 0.565. The molecule has 0 aromatic heterocycles. The highest BCUT2D eigenvalue weighted by Gasteiger charge is 2.19.